The third kappa shape index (κ3) is 4.55. The van der Waals surface area contributed by atoms with E-state index in [1.54, 1.807) is 33.7 Å². The van der Waals surface area contributed by atoms with Gasteiger partial charge in [0.1, 0.15) is 6.04 Å². The largest absolute Gasteiger partial charge is 0.465 e. The second kappa shape index (κ2) is 10.9. The Morgan fingerprint density at radius 2 is 2.00 bits per heavy atom. The summed E-state index contributed by atoms with van der Waals surface area (Å²) in [5, 5.41) is 9.29. The van der Waals surface area contributed by atoms with E-state index in [1.165, 1.54) is 0 Å². The number of likely N-dealkylation sites (tertiary alicyclic amines) is 1. The van der Waals surface area contributed by atoms with E-state index >= 15 is 0 Å². The van der Waals surface area contributed by atoms with Gasteiger partial charge in [-0.2, -0.15) is 0 Å². The number of amides is 2. The van der Waals surface area contributed by atoms with Crippen LogP contribution in [-0.4, -0.2) is 80.6 Å². The van der Waals surface area contributed by atoms with Crippen LogP contribution in [0.3, 0.4) is 0 Å². The summed E-state index contributed by atoms with van der Waals surface area (Å²) in [6.45, 7) is 14.6. The lowest BCUT2D eigenvalue weighted by atomic mass is 9.66. The Kier molecular flexibility index (Phi) is 8.56. The maximum absolute atomic E-state index is 14.0. The van der Waals surface area contributed by atoms with Gasteiger partial charge in [0.2, 0.25) is 11.8 Å². The lowest BCUT2D eigenvalue weighted by Gasteiger charge is -2.38. The summed E-state index contributed by atoms with van der Waals surface area (Å²) in [6.07, 6.45) is 7.63. The normalized spacial score (nSPS) is 31.6. The molecule has 2 unspecified atom stereocenters. The van der Waals surface area contributed by atoms with Crippen LogP contribution < -0.4 is 0 Å². The number of esters is 1. The smallest absolute Gasteiger partial charge is 0.311 e. The molecule has 7 nitrogen and oxygen atoms in total. The molecule has 2 bridgehead atoms. The first-order chi connectivity index (χ1) is 16.2. The molecule has 3 fully saturated rings. The molecular formula is C26H40N2O5S. The van der Waals surface area contributed by atoms with Crippen molar-refractivity contribution in [3.63, 3.8) is 0 Å². The van der Waals surface area contributed by atoms with Crippen LogP contribution in [0.15, 0.2) is 25.3 Å². The fraction of sp³-hybridized carbons (Fsp3) is 0.731. The van der Waals surface area contributed by atoms with Crippen LogP contribution >= 0.6 is 11.8 Å². The molecular weight excluding hydrogens is 452 g/mol. The van der Waals surface area contributed by atoms with E-state index in [9.17, 15) is 19.5 Å². The van der Waals surface area contributed by atoms with Crippen molar-refractivity contribution < 1.29 is 24.2 Å². The number of carbonyl (C=O) groups is 3. The van der Waals surface area contributed by atoms with Gasteiger partial charge >= 0.3 is 5.97 Å². The van der Waals surface area contributed by atoms with Gasteiger partial charge in [-0.15, -0.1) is 24.9 Å². The average molecular weight is 493 g/mol. The Balaban J connectivity index is 1.97. The molecule has 0 aliphatic carbocycles. The number of hydrogen-bond donors (Lipinski definition) is 1. The van der Waals surface area contributed by atoms with Gasteiger partial charge in [0.25, 0.3) is 0 Å². The highest BCUT2D eigenvalue weighted by Gasteiger charge is 2.77. The molecule has 190 valence electrons. The molecule has 3 saturated heterocycles. The highest BCUT2D eigenvalue weighted by atomic mass is 32.2. The van der Waals surface area contributed by atoms with E-state index in [1.807, 2.05) is 13.8 Å². The number of ether oxygens (including phenoxy) is 1. The molecule has 0 saturated carbocycles. The minimum Gasteiger partial charge on any atom is -0.465 e. The minimum atomic E-state index is -0.638. The van der Waals surface area contributed by atoms with Crippen molar-refractivity contribution in [2.24, 2.45) is 11.8 Å². The van der Waals surface area contributed by atoms with Gasteiger partial charge in [-0.05, 0) is 59.3 Å². The van der Waals surface area contributed by atoms with Crippen molar-refractivity contribution >= 4 is 29.5 Å². The minimum absolute atomic E-state index is 0.0380. The topological polar surface area (TPSA) is 87.1 Å². The molecule has 3 heterocycles. The van der Waals surface area contributed by atoms with Gasteiger partial charge in [0, 0.05) is 30.5 Å². The van der Waals surface area contributed by atoms with Crippen LogP contribution in [0.1, 0.15) is 59.3 Å². The van der Waals surface area contributed by atoms with Gasteiger partial charge in [-0.1, -0.05) is 12.2 Å². The SMILES string of the molecule is C=CCCCOC(=O)[C@@H]1[C@H]2C(=O)N(CCCCO)C(C(=O)N(CC=C)C(C)C)C23CC[C@@]1(C)S3. The van der Waals surface area contributed by atoms with Crippen molar-refractivity contribution in [2.45, 2.75) is 80.9 Å². The van der Waals surface area contributed by atoms with E-state index in [2.05, 4.69) is 20.1 Å². The van der Waals surface area contributed by atoms with Crippen LogP contribution in [0.2, 0.25) is 0 Å². The van der Waals surface area contributed by atoms with Crippen LogP contribution in [0.4, 0.5) is 0 Å². The summed E-state index contributed by atoms with van der Waals surface area (Å²) < 4.78 is 4.58. The third-order valence-electron chi connectivity index (χ3n) is 7.60. The molecule has 34 heavy (non-hydrogen) atoms. The first kappa shape index (κ1) is 26.8. The second-order valence-electron chi connectivity index (χ2n) is 10.2. The molecule has 3 aliphatic rings. The van der Waals surface area contributed by atoms with Gasteiger partial charge in [0.15, 0.2) is 0 Å². The summed E-state index contributed by atoms with van der Waals surface area (Å²) in [5.41, 5.74) is 0. The lowest BCUT2D eigenvalue weighted by molar-refractivity contribution is -0.155. The third-order valence-corrected chi connectivity index (χ3v) is 9.59. The van der Waals surface area contributed by atoms with Gasteiger partial charge in [-0.3, -0.25) is 14.4 Å². The van der Waals surface area contributed by atoms with Gasteiger partial charge in [-0.25, -0.2) is 0 Å². The molecule has 1 N–H and O–H groups in total. The van der Waals surface area contributed by atoms with Gasteiger partial charge in [0.05, 0.1) is 23.2 Å². The molecule has 5 atom stereocenters. The highest BCUT2D eigenvalue weighted by molar-refractivity contribution is 8.02. The number of nitrogens with zero attached hydrogens (tertiary/aromatic N) is 2. The second-order valence-corrected chi connectivity index (χ2v) is 12.1. The van der Waals surface area contributed by atoms with Crippen LogP contribution in [0, 0.1) is 11.8 Å². The fourth-order valence-corrected chi connectivity index (χ4v) is 8.38. The zero-order chi connectivity index (χ0) is 25.1. The number of unbranched alkanes of at least 4 members (excludes halogenated alkanes) is 2. The Morgan fingerprint density at radius 1 is 1.26 bits per heavy atom. The fourth-order valence-electron chi connectivity index (χ4n) is 6.04. The predicted molar refractivity (Wildman–Crippen MR) is 134 cm³/mol. The number of rotatable bonds is 13. The number of carbonyl (C=O) groups excluding carboxylic acids is 3. The first-order valence-electron chi connectivity index (χ1n) is 12.5. The Morgan fingerprint density at radius 3 is 2.62 bits per heavy atom. The molecule has 2 amide bonds. The van der Waals surface area contributed by atoms with Crippen LogP contribution in [0.5, 0.6) is 0 Å². The average Bonchev–Trinajstić information content (AvgIpc) is 3.35. The number of fused-ring (bicyclic) bond motifs is 1. The molecule has 3 aliphatic heterocycles. The highest BCUT2D eigenvalue weighted by Crippen LogP contribution is 2.71. The quantitative estimate of drug-likeness (QED) is 0.241. The molecule has 1 spiro atoms. The molecule has 0 aromatic heterocycles. The number of thioether (sulfide) groups is 1. The summed E-state index contributed by atoms with van der Waals surface area (Å²) in [6, 6.07) is -0.670. The standard InChI is InChI=1S/C26H40N2O5S/c1-6-8-11-17-33-24(32)20-19-22(30)28(15-9-10-16-29)21(23(31)27(14-7-2)18(3)4)26(19)13-12-25(20,5)34-26/h6-7,18-21,29H,1-2,8-17H2,3-5H3/t19-,20-,21?,25+,26?/m0/s1. The molecule has 3 rings (SSSR count). The summed E-state index contributed by atoms with van der Waals surface area (Å²) >= 11 is 1.66. The summed E-state index contributed by atoms with van der Waals surface area (Å²) in [7, 11) is 0. The zero-order valence-electron chi connectivity index (χ0n) is 20.8. The van der Waals surface area contributed by atoms with Crippen LogP contribution in [0.25, 0.3) is 0 Å². The number of hydrogen-bond acceptors (Lipinski definition) is 6. The van der Waals surface area contributed by atoms with Crippen LogP contribution in [-0.2, 0) is 19.1 Å². The molecule has 0 aromatic carbocycles. The molecule has 8 heteroatoms. The summed E-state index contributed by atoms with van der Waals surface area (Å²) in [5.74, 6) is -1.65. The zero-order valence-corrected chi connectivity index (χ0v) is 21.6. The van der Waals surface area contributed by atoms with Crippen molar-refractivity contribution in [2.75, 3.05) is 26.3 Å². The van der Waals surface area contributed by atoms with E-state index in [0.29, 0.717) is 39.0 Å². The number of aliphatic hydroxyl groups excluding tert-OH is 1. The van der Waals surface area contributed by atoms with Crippen molar-refractivity contribution in [3.05, 3.63) is 25.3 Å². The first-order valence-corrected chi connectivity index (χ1v) is 13.3. The lowest BCUT2D eigenvalue weighted by Crippen LogP contribution is -2.56. The van der Waals surface area contributed by atoms with Crippen molar-refractivity contribution in [3.8, 4) is 0 Å². The van der Waals surface area contributed by atoms with E-state index in [4.69, 9.17) is 4.74 Å². The number of allylic oxidation sites excluding steroid dienone is 1. The monoisotopic (exact) mass is 492 g/mol. The predicted octanol–water partition coefficient (Wildman–Crippen LogP) is 3.17. The van der Waals surface area contributed by atoms with Gasteiger partial charge < -0.3 is 19.6 Å². The maximum Gasteiger partial charge on any atom is 0.311 e. The van der Waals surface area contributed by atoms with Crippen molar-refractivity contribution in [1.82, 2.24) is 9.80 Å². The molecule has 0 aromatic rings. The molecule has 0 radical (unpaired) electrons. The van der Waals surface area contributed by atoms with E-state index in [-0.39, 0.29) is 30.4 Å². The Bertz CT molecular complexity index is 817. The number of aliphatic hydroxyl groups is 1. The van der Waals surface area contributed by atoms with Crippen molar-refractivity contribution in [1.29, 1.82) is 0 Å². The Labute approximate surface area is 208 Å². The maximum atomic E-state index is 14.0. The van der Waals surface area contributed by atoms with E-state index < -0.39 is 27.4 Å². The van der Waals surface area contributed by atoms with E-state index in [0.717, 1.165) is 19.3 Å². The summed E-state index contributed by atoms with van der Waals surface area (Å²) in [4.78, 5) is 44.7. The Hall–Kier alpha value is -1.80.